The predicted octanol–water partition coefficient (Wildman–Crippen LogP) is 2.85. The van der Waals surface area contributed by atoms with Gasteiger partial charge in [-0.2, -0.15) is 0 Å². The Morgan fingerprint density at radius 2 is 1.96 bits per heavy atom. The lowest BCUT2D eigenvalue weighted by Gasteiger charge is -2.08. The molecule has 122 valence electrons. The van der Waals surface area contributed by atoms with Crippen LogP contribution in [0.15, 0.2) is 40.8 Å². The SMILES string of the molecule is CCc1ccc(-c2ccc(C(=O)OC3CCS(=O)(=O)C3)o2)cc1. The summed E-state index contributed by atoms with van der Waals surface area (Å²) in [6.45, 7) is 2.08. The summed E-state index contributed by atoms with van der Waals surface area (Å²) in [4.78, 5) is 12.0. The number of sulfone groups is 1. The van der Waals surface area contributed by atoms with Gasteiger partial charge in [0, 0.05) is 5.56 Å². The topological polar surface area (TPSA) is 73.6 Å². The molecule has 5 nitrogen and oxygen atoms in total. The molecule has 1 aromatic carbocycles. The van der Waals surface area contributed by atoms with E-state index in [4.69, 9.17) is 9.15 Å². The third kappa shape index (κ3) is 3.64. The molecule has 1 aliphatic heterocycles. The summed E-state index contributed by atoms with van der Waals surface area (Å²) in [6, 6.07) is 11.2. The van der Waals surface area contributed by atoms with E-state index in [1.54, 1.807) is 12.1 Å². The van der Waals surface area contributed by atoms with Crippen LogP contribution in [0.4, 0.5) is 0 Å². The molecule has 1 aromatic heterocycles. The number of furan rings is 1. The lowest BCUT2D eigenvalue weighted by Crippen LogP contribution is -2.19. The number of esters is 1. The van der Waals surface area contributed by atoms with Crippen LogP contribution >= 0.6 is 0 Å². The molecule has 1 unspecified atom stereocenters. The average Bonchev–Trinajstić information content (AvgIpc) is 3.14. The first kappa shape index (κ1) is 15.8. The molecule has 1 aliphatic rings. The molecule has 1 atom stereocenters. The Morgan fingerprint density at radius 1 is 1.22 bits per heavy atom. The predicted molar refractivity (Wildman–Crippen MR) is 86.0 cm³/mol. The van der Waals surface area contributed by atoms with E-state index in [2.05, 4.69) is 6.92 Å². The molecule has 23 heavy (non-hydrogen) atoms. The molecule has 0 saturated carbocycles. The van der Waals surface area contributed by atoms with Crippen LogP contribution in [0.3, 0.4) is 0 Å². The minimum atomic E-state index is -3.08. The van der Waals surface area contributed by atoms with Gasteiger partial charge in [-0.15, -0.1) is 0 Å². The van der Waals surface area contributed by atoms with E-state index in [-0.39, 0.29) is 17.3 Å². The van der Waals surface area contributed by atoms with Crippen molar-refractivity contribution in [1.29, 1.82) is 0 Å². The number of carbonyl (C=O) groups is 1. The van der Waals surface area contributed by atoms with Crippen molar-refractivity contribution in [2.75, 3.05) is 11.5 Å². The van der Waals surface area contributed by atoms with Crippen molar-refractivity contribution >= 4 is 15.8 Å². The number of rotatable bonds is 4. The maximum Gasteiger partial charge on any atom is 0.374 e. The molecule has 0 spiro atoms. The maximum absolute atomic E-state index is 12.0. The molecule has 0 radical (unpaired) electrons. The minimum Gasteiger partial charge on any atom is -0.455 e. The van der Waals surface area contributed by atoms with E-state index >= 15 is 0 Å². The lowest BCUT2D eigenvalue weighted by molar-refractivity contribution is 0.0321. The summed E-state index contributed by atoms with van der Waals surface area (Å²) in [6.07, 6.45) is 0.727. The Labute approximate surface area is 135 Å². The van der Waals surface area contributed by atoms with Gasteiger partial charge >= 0.3 is 5.97 Å². The third-order valence-electron chi connectivity index (χ3n) is 3.92. The highest BCUT2D eigenvalue weighted by Crippen LogP contribution is 2.24. The van der Waals surface area contributed by atoms with Crippen LogP contribution in [0.25, 0.3) is 11.3 Å². The Balaban J connectivity index is 1.69. The highest BCUT2D eigenvalue weighted by Gasteiger charge is 2.31. The fourth-order valence-corrected chi connectivity index (χ4v) is 4.16. The zero-order valence-corrected chi connectivity index (χ0v) is 13.6. The van der Waals surface area contributed by atoms with Gasteiger partial charge in [-0.1, -0.05) is 31.2 Å². The van der Waals surface area contributed by atoms with Crippen LogP contribution < -0.4 is 0 Å². The standard InChI is InChI=1S/C17H18O5S/c1-2-12-3-5-13(6-4-12)15-7-8-16(22-15)17(18)21-14-9-10-23(19,20)11-14/h3-8,14H,2,9-11H2,1H3. The summed E-state index contributed by atoms with van der Waals surface area (Å²) < 4.78 is 33.5. The summed E-state index contributed by atoms with van der Waals surface area (Å²) >= 11 is 0. The van der Waals surface area contributed by atoms with Gasteiger partial charge in [-0.05, 0) is 30.5 Å². The quantitative estimate of drug-likeness (QED) is 0.804. The van der Waals surface area contributed by atoms with Crippen molar-refractivity contribution in [3.63, 3.8) is 0 Å². The number of carbonyl (C=O) groups excluding carboxylic acids is 1. The molecule has 0 bridgehead atoms. The highest BCUT2D eigenvalue weighted by molar-refractivity contribution is 7.91. The van der Waals surface area contributed by atoms with Gasteiger partial charge in [0.05, 0.1) is 11.5 Å². The molecule has 3 rings (SSSR count). The minimum absolute atomic E-state index is 0.0676. The lowest BCUT2D eigenvalue weighted by atomic mass is 10.1. The monoisotopic (exact) mass is 334 g/mol. The van der Waals surface area contributed by atoms with Gasteiger partial charge in [0.1, 0.15) is 11.9 Å². The van der Waals surface area contributed by atoms with E-state index in [0.29, 0.717) is 12.2 Å². The van der Waals surface area contributed by atoms with Gasteiger partial charge in [0.15, 0.2) is 9.84 Å². The molecular formula is C17H18O5S. The van der Waals surface area contributed by atoms with E-state index in [1.165, 1.54) is 5.56 Å². The summed E-state index contributed by atoms with van der Waals surface area (Å²) in [5.74, 6) is 0.00848. The van der Waals surface area contributed by atoms with Crippen LogP contribution in [-0.4, -0.2) is 32.0 Å². The van der Waals surface area contributed by atoms with Crippen molar-refractivity contribution in [3.8, 4) is 11.3 Å². The van der Waals surface area contributed by atoms with Gasteiger partial charge in [0.25, 0.3) is 0 Å². The molecule has 2 heterocycles. The van der Waals surface area contributed by atoms with Gasteiger partial charge < -0.3 is 9.15 Å². The number of hydrogen-bond acceptors (Lipinski definition) is 5. The van der Waals surface area contributed by atoms with Crippen LogP contribution in [0.5, 0.6) is 0 Å². The zero-order chi connectivity index (χ0) is 16.4. The summed E-state index contributed by atoms with van der Waals surface area (Å²) in [5.41, 5.74) is 2.10. The fourth-order valence-electron chi connectivity index (χ4n) is 2.57. The Morgan fingerprint density at radius 3 is 2.57 bits per heavy atom. The molecule has 2 aromatic rings. The van der Waals surface area contributed by atoms with Crippen molar-refractivity contribution < 1.29 is 22.4 Å². The van der Waals surface area contributed by atoms with E-state index in [9.17, 15) is 13.2 Å². The van der Waals surface area contributed by atoms with Gasteiger partial charge in [-0.3, -0.25) is 0 Å². The number of aryl methyl sites for hydroxylation is 1. The number of ether oxygens (including phenoxy) is 1. The van der Waals surface area contributed by atoms with E-state index < -0.39 is 21.9 Å². The average molecular weight is 334 g/mol. The Kier molecular flexibility index (Phi) is 4.26. The Hall–Kier alpha value is -2.08. The molecule has 6 heteroatoms. The number of benzene rings is 1. The molecular weight excluding hydrogens is 316 g/mol. The molecule has 0 amide bonds. The van der Waals surface area contributed by atoms with Gasteiger partial charge in [-0.25, -0.2) is 13.2 Å². The van der Waals surface area contributed by atoms with Gasteiger partial charge in [0.2, 0.25) is 5.76 Å². The molecule has 0 aliphatic carbocycles. The zero-order valence-electron chi connectivity index (χ0n) is 12.8. The summed E-state index contributed by atoms with van der Waals surface area (Å²) in [7, 11) is -3.08. The summed E-state index contributed by atoms with van der Waals surface area (Å²) in [5, 5.41) is 0. The smallest absolute Gasteiger partial charge is 0.374 e. The van der Waals surface area contributed by atoms with E-state index in [0.717, 1.165) is 12.0 Å². The largest absolute Gasteiger partial charge is 0.455 e. The van der Waals surface area contributed by atoms with Crippen molar-refractivity contribution in [2.45, 2.75) is 25.9 Å². The maximum atomic E-state index is 12.0. The first-order valence-corrected chi connectivity index (χ1v) is 9.39. The molecule has 0 N–H and O–H groups in total. The van der Waals surface area contributed by atoms with Crippen LogP contribution in [0.2, 0.25) is 0 Å². The first-order valence-electron chi connectivity index (χ1n) is 7.57. The van der Waals surface area contributed by atoms with Crippen LogP contribution in [0.1, 0.15) is 29.5 Å². The Bertz CT molecular complexity index is 802. The first-order chi connectivity index (χ1) is 11.0. The van der Waals surface area contributed by atoms with Crippen molar-refractivity contribution in [1.82, 2.24) is 0 Å². The number of hydrogen-bond donors (Lipinski definition) is 0. The third-order valence-corrected chi connectivity index (χ3v) is 5.66. The van der Waals surface area contributed by atoms with Crippen LogP contribution in [-0.2, 0) is 21.0 Å². The van der Waals surface area contributed by atoms with Crippen molar-refractivity contribution in [2.24, 2.45) is 0 Å². The second-order valence-electron chi connectivity index (χ2n) is 5.64. The van der Waals surface area contributed by atoms with Crippen molar-refractivity contribution in [3.05, 3.63) is 47.7 Å². The highest BCUT2D eigenvalue weighted by atomic mass is 32.2. The fraction of sp³-hybridized carbons (Fsp3) is 0.353. The molecule has 1 saturated heterocycles. The van der Waals surface area contributed by atoms with Crippen LogP contribution in [0, 0.1) is 0 Å². The molecule has 1 fully saturated rings. The second kappa shape index (κ2) is 6.20. The van der Waals surface area contributed by atoms with E-state index in [1.807, 2.05) is 24.3 Å². The normalized spacial score (nSPS) is 19.6. The second-order valence-corrected chi connectivity index (χ2v) is 7.87.